The van der Waals surface area contributed by atoms with Crippen molar-refractivity contribution in [3.63, 3.8) is 0 Å². The van der Waals surface area contributed by atoms with Gasteiger partial charge in [0.2, 0.25) is 5.91 Å². The van der Waals surface area contributed by atoms with Crippen LogP contribution in [-0.4, -0.2) is 30.9 Å². The Balaban J connectivity index is 1.79. The summed E-state index contributed by atoms with van der Waals surface area (Å²) < 4.78 is 3.29. The minimum absolute atomic E-state index is 0.134. The number of amides is 1. The van der Waals surface area contributed by atoms with Gasteiger partial charge in [0.15, 0.2) is 0 Å². The summed E-state index contributed by atoms with van der Waals surface area (Å²) in [5.41, 5.74) is 5.96. The van der Waals surface area contributed by atoms with Crippen LogP contribution in [0.15, 0.2) is 66.0 Å². The van der Waals surface area contributed by atoms with Gasteiger partial charge in [-0.15, -0.1) is 0 Å². The number of benzene rings is 1. The lowest BCUT2D eigenvalue weighted by atomic mass is 9.93. The third-order valence-electron chi connectivity index (χ3n) is 6.79. The minimum atomic E-state index is -1.04. The first kappa shape index (κ1) is 26.9. The molecular weight excluding hydrogens is 480 g/mol. The Kier molecular flexibility index (Phi) is 7.80. The quantitative estimate of drug-likeness (QED) is 0.327. The van der Waals surface area contributed by atoms with E-state index in [1.54, 1.807) is 18.5 Å². The molecule has 2 unspecified atom stereocenters. The van der Waals surface area contributed by atoms with Gasteiger partial charge in [-0.25, -0.2) is 4.98 Å². The Hall–Kier alpha value is -4.20. The van der Waals surface area contributed by atoms with Gasteiger partial charge >= 0.3 is 5.97 Å². The zero-order chi connectivity index (χ0) is 27.6. The summed E-state index contributed by atoms with van der Waals surface area (Å²) >= 11 is 0. The average Bonchev–Trinajstić information content (AvgIpc) is 3.31. The summed E-state index contributed by atoms with van der Waals surface area (Å²) in [4.78, 5) is 42.9. The number of pyridine rings is 2. The maximum absolute atomic E-state index is 13.7. The molecule has 3 heterocycles. The number of imidazole rings is 1. The lowest BCUT2D eigenvalue weighted by Gasteiger charge is -2.25. The van der Waals surface area contributed by atoms with Gasteiger partial charge in [0.05, 0.1) is 12.5 Å². The maximum atomic E-state index is 13.7. The molecule has 0 bridgehead atoms. The molecule has 0 saturated carbocycles. The van der Waals surface area contributed by atoms with Crippen LogP contribution >= 0.6 is 0 Å². The molecule has 0 aliphatic heterocycles. The number of hydrogen-bond donors (Lipinski definition) is 2. The molecule has 2 atom stereocenters. The van der Waals surface area contributed by atoms with Gasteiger partial charge in [-0.1, -0.05) is 32.0 Å². The average molecular weight is 515 g/mol. The van der Waals surface area contributed by atoms with Crippen molar-refractivity contribution in [3.05, 3.63) is 93.8 Å². The van der Waals surface area contributed by atoms with Gasteiger partial charge in [-0.3, -0.25) is 14.4 Å². The van der Waals surface area contributed by atoms with Crippen molar-refractivity contribution in [2.75, 3.05) is 0 Å². The molecule has 0 saturated heterocycles. The van der Waals surface area contributed by atoms with E-state index in [-0.39, 0.29) is 17.9 Å². The fourth-order valence-electron chi connectivity index (χ4n) is 5.00. The summed E-state index contributed by atoms with van der Waals surface area (Å²) in [6.07, 6.45) is 7.07. The minimum Gasteiger partial charge on any atom is -0.481 e. The van der Waals surface area contributed by atoms with Gasteiger partial charge in [0, 0.05) is 36.4 Å². The molecule has 4 aromatic rings. The van der Waals surface area contributed by atoms with E-state index < -0.39 is 24.0 Å². The van der Waals surface area contributed by atoms with Crippen LogP contribution in [0.25, 0.3) is 16.8 Å². The van der Waals surface area contributed by atoms with Crippen molar-refractivity contribution >= 4 is 17.5 Å². The standard InChI is InChI=1S/C30H34N4O4/c1-18(2)13-25(34-11-9-19(3)14-26(34)35)30(38)32-24(16-27(36)37)22-15-23(29-31-10-12-33(29)17-22)28-20(4)7-6-8-21(28)5/h6-12,14-15,17-18,24-25H,13,16H2,1-5H3,(H,32,38)(H,36,37). The highest BCUT2D eigenvalue weighted by molar-refractivity contribution is 5.84. The molecule has 0 aliphatic carbocycles. The van der Waals surface area contributed by atoms with E-state index in [4.69, 9.17) is 0 Å². The zero-order valence-electron chi connectivity index (χ0n) is 22.4. The SMILES string of the molecule is Cc1ccn(C(CC(C)C)C(=O)NC(CC(=O)O)c2cc(-c3c(C)cccc3C)c3nccn3c2)c(=O)c1. The van der Waals surface area contributed by atoms with Crippen LogP contribution in [-0.2, 0) is 9.59 Å². The Morgan fingerprint density at radius 3 is 2.39 bits per heavy atom. The molecule has 1 amide bonds. The number of rotatable bonds is 9. The number of aryl methyl sites for hydroxylation is 3. The fraction of sp³-hybridized carbons (Fsp3) is 0.333. The van der Waals surface area contributed by atoms with E-state index in [1.807, 2.05) is 75.7 Å². The molecule has 3 aromatic heterocycles. The van der Waals surface area contributed by atoms with E-state index in [1.165, 1.54) is 10.6 Å². The van der Waals surface area contributed by atoms with Crippen LogP contribution in [0, 0.1) is 26.7 Å². The Bertz CT molecular complexity index is 1530. The van der Waals surface area contributed by atoms with Gasteiger partial charge in [0.25, 0.3) is 5.56 Å². The number of aliphatic carboxylic acids is 1. The van der Waals surface area contributed by atoms with Crippen LogP contribution in [0.1, 0.15) is 61.0 Å². The molecule has 1 aromatic carbocycles. The first-order chi connectivity index (χ1) is 18.0. The molecule has 0 radical (unpaired) electrons. The molecule has 38 heavy (non-hydrogen) atoms. The second-order valence-electron chi connectivity index (χ2n) is 10.4. The summed E-state index contributed by atoms with van der Waals surface area (Å²) in [5, 5.41) is 12.7. The number of hydrogen-bond acceptors (Lipinski definition) is 4. The monoisotopic (exact) mass is 514 g/mol. The summed E-state index contributed by atoms with van der Waals surface area (Å²) in [6, 6.07) is 9.68. The number of carbonyl (C=O) groups excluding carboxylic acids is 1. The van der Waals surface area contributed by atoms with Gasteiger partial charge in [-0.05, 0) is 73.1 Å². The third kappa shape index (κ3) is 5.69. The molecule has 0 fully saturated rings. The summed E-state index contributed by atoms with van der Waals surface area (Å²) in [6.45, 7) is 9.85. The summed E-state index contributed by atoms with van der Waals surface area (Å²) in [7, 11) is 0. The number of fused-ring (bicyclic) bond motifs is 1. The van der Waals surface area contributed by atoms with Crippen molar-refractivity contribution in [1.29, 1.82) is 0 Å². The highest BCUT2D eigenvalue weighted by atomic mass is 16.4. The smallest absolute Gasteiger partial charge is 0.305 e. The van der Waals surface area contributed by atoms with Crippen LogP contribution in [0.3, 0.4) is 0 Å². The maximum Gasteiger partial charge on any atom is 0.305 e. The Morgan fingerprint density at radius 2 is 1.76 bits per heavy atom. The molecule has 4 rings (SSSR count). The normalized spacial score (nSPS) is 13.0. The molecule has 0 aliphatic rings. The number of carboxylic acid groups (broad SMARTS) is 1. The molecule has 8 nitrogen and oxygen atoms in total. The van der Waals surface area contributed by atoms with Gasteiger partial charge in [0.1, 0.15) is 11.7 Å². The fourth-order valence-corrected chi connectivity index (χ4v) is 5.00. The van der Waals surface area contributed by atoms with Gasteiger partial charge in [-0.2, -0.15) is 0 Å². The number of carboxylic acids is 1. The molecule has 0 spiro atoms. The van der Waals surface area contributed by atoms with E-state index in [0.717, 1.165) is 33.5 Å². The second kappa shape index (κ2) is 11.0. The molecule has 8 heteroatoms. The van der Waals surface area contributed by atoms with Crippen molar-refractivity contribution in [1.82, 2.24) is 19.3 Å². The predicted molar refractivity (Wildman–Crippen MR) is 147 cm³/mol. The second-order valence-corrected chi connectivity index (χ2v) is 10.4. The summed E-state index contributed by atoms with van der Waals surface area (Å²) in [5.74, 6) is -1.30. The molecule has 2 N–H and O–H groups in total. The number of aromatic nitrogens is 3. The van der Waals surface area contributed by atoms with Crippen molar-refractivity contribution < 1.29 is 14.7 Å². The van der Waals surface area contributed by atoms with Crippen molar-refractivity contribution in [3.8, 4) is 11.1 Å². The van der Waals surface area contributed by atoms with Crippen molar-refractivity contribution in [2.45, 2.75) is 59.5 Å². The zero-order valence-corrected chi connectivity index (χ0v) is 22.4. The highest BCUT2D eigenvalue weighted by Gasteiger charge is 2.27. The number of nitrogens with one attached hydrogen (secondary N) is 1. The Morgan fingerprint density at radius 1 is 1.05 bits per heavy atom. The molecular formula is C30H34N4O4. The highest BCUT2D eigenvalue weighted by Crippen LogP contribution is 2.33. The molecule has 198 valence electrons. The van der Waals surface area contributed by atoms with Crippen LogP contribution in [0.4, 0.5) is 0 Å². The van der Waals surface area contributed by atoms with Crippen LogP contribution < -0.4 is 10.9 Å². The van der Waals surface area contributed by atoms with E-state index in [9.17, 15) is 19.5 Å². The van der Waals surface area contributed by atoms with Crippen LogP contribution in [0.5, 0.6) is 0 Å². The Labute approximate surface area is 222 Å². The topological polar surface area (TPSA) is 106 Å². The van der Waals surface area contributed by atoms with Crippen molar-refractivity contribution in [2.24, 2.45) is 5.92 Å². The third-order valence-corrected chi connectivity index (χ3v) is 6.79. The predicted octanol–water partition coefficient (Wildman–Crippen LogP) is 5.01. The van der Waals surface area contributed by atoms with Crippen LogP contribution in [0.2, 0.25) is 0 Å². The van der Waals surface area contributed by atoms with E-state index >= 15 is 0 Å². The lowest BCUT2D eigenvalue weighted by Crippen LogP contribution is -2.40. The first-order valence-electron chi connectivity index (χ1n) is 12.8. The largest absolute Gasteiger partial charge is 0.481 e. The van der Waals surface area contributed by atoms with E-state index in [0.29, 0.717) is 12.0 Å². The van der Waals surface area contributed by atoms with Gasteiger partial charge < -0.3 is 19.4 Å². The number of carbonyl (C=O) groups is 2. The number of nitrogens with zero attached hydrogens (tertiary/aromatic N) is 3. The first-order valence-corrected chi connectivity index (χ1v) is 12.8. The lowest BCUT2D eigenvalue weighted by molar-refractivity contribution is -0.138. The van der Waals surface area contributed by atoms with E-state index in [2.05, 4.69) is 10.3 Å².